The number of ether oxygens (including phenoxy) is 1. The van der Waals surface area contributed by atoms with E-state index in [2.05, 4.69) is 35.7 Å². The Morgan fingerprint density at radius 1 is 1.42 bits per heavy atom. The van der Waals surface area contributed by atoms with Crippen LogP contribution in [0.1, 0.15) is 33.1 Å². The third-order valence-corrected chi connectivity index (χ3v) is 4.37. The van der Waals surface area contributed by atoms with E-state index in [9.17, 15) is 0 Å². The van der Waals surface area contributed by atoms with Gasteiger partial charge in [-0.2, -0.15) is 11.8 Å². The molecule has 5 heteroatoms. The molecule has 4 nitrogen and oxygen atoms in total. The molecule has 0 amide bonds. The van der Waals surface area contributed by atoms with Crippen LogP contribution in [0.15, 0.2) is 4.99 Å². The molecule has 0 aromatic rings. The zero-order chi connectivity index (χ0) is 14.1. The van der Waals surface area contributed by atoms with E-state index in [0.717, 1.165) is 31.0 Å². The number of nitrogens with zero attached hydrogens (tertiary/aromatic N) is 1. The summed E-state index contributed by atoms with van der Waals surface area (Å²) in [5.74, 6) is 1.50. The average Bonchev–Trinajstić information content (AvgIpc) is 2.84. The standard InChI is InChI=1S/C14H29N3OS/c1-11(2)10-18-8-7-16-14(15-3)17-12-5-6-13(9-12)19-4/h11-13H,5-10H2,1-4H3,(H2,15,16,17). The van der Waals surface area contributed by atoms with E-state index >= 15 is 0 Å². The Kier molecular flexibility index (Phi) is 8.30. The summed E-state index contributed by atoms with van der Waals surface area (Å²) in [5, 5.41) is 7.62. The van der Waals surface area contributed by atoms with Crippen LogP contribution >= 0.6 is 11.8 Å². The second-order valence-electron chi connectivity index (χ2n) is 5.48. The summed E-state index contributed by atoms with van der Waals surface area (Å²) in [5.41, 5.74) is 0. The fourth-order valence-electron chi connectivity index (χ4n) is 2.23. The number of rotatable bonds is 7. The van der Waals surface area contributed by atoms with E-state index in [0.29, 0.717) is 12.0 Å². The van der Waals surface area contributed by atoms with Crippen molar-refractivity contribution >= 4 is 17.7 Å². The number of guanidine groups is 1. The van der Waals surface area contributed by atoms with Crippen molar-refractivity contribution in [3.8, 4) is 0 Å². The predicted molar refractivity (Wildman–Crippen MR) is 85.1 cm³/mol. The summed E-state index contributed by atoms with van der Waals surface area (Å²) in [6.07, 6.45) is 6.00. The molecular formula is C14H29N3OS. The Bertz CT molecular complexity index is 271. The van der Waals surface area contributed by atoms with Gasteiger partial charge in [0.2, 0.25) is 0 Å². The Balaban J connectivity index is 2.13. The summed E-state index contributed by atoms with van der Waals surface area (Å²) in [6.45, 7) is 6.69. The Labute approximate surface area is 122 Å². The predicted octanol–water partition coefficient (Wildman–Crippen LogP) is 2.11. The molecule has 0 spiro atoms. The first-order valence-corrected chi connectivity index (χ1v) is 8.52. The molecule has 0 bridgehead atoms. The van der Waals surface area contributed by atoms with E-state index in [1.54, 1.807) is 0 Å². The molecule has 0 aromatic heterocycles. The van der Waals surface area contributed by atoms with Crippen LogP contribution in [0.25, 0.3) is 0 Å². The van der Waals surface area contributed by atoms with E-state index in [1.807, 2.05) is 18.8 Å². The topological polar surface area (TPSA) is 45.7 Å². The third kappa shape index (κ3) is 7.06. The van der Waals surface area contributed by atoms with Crippen LogP contribution in [-0.4, -0.2) is 50.3 Å². The summed E-state index contributed by atoms with van der Waals surface area (Å²) < 4.78 is 5.55. The summed E-state index contributed by atoms with van der Waals surface area (Å²) in [6, 6.07) is 0.570. The number of nitrogens with one attached hydrogen (secondary N) is 2. The molecule has 0 aromatic carbocycles. The van der Waals surface area contributed by atoms with Crippen LogP contribution in [0.3, 0.4) is 0 Å². The lowest BCUT2D eigenvalue weighted by Gasteiger charge is -2.17. The Morgan fingerprint density at radius 3 is 2.79 bits per heavy atom. The quantitative estimate of drug-likeness (QED) is 0.428. The van der Waals surface area contributed by atoms with Crippen molar-refractivity contribution in [3.05, 3.63) is 0 Å². The second-order valence-corrected chi connectivity index (χ2v) is 6.62. The lowest BCUT2D eigenvalue weighted by Crippen LogP contribution is -2.43. The molecular weight excluding hydrogens is 258 g/mol. The number of hydrogen-bond acceptors (Lipinski definition) is 3. The maximum atomic E-state index is 5.55. The minimum atomic E-state index is 0.570. The highest BCUT2D eigenvalue weighted by atomic mass is 32.2. The molecule has 0 radical (unpaired) electrons. The summed E-state index contributed by atoms with van der Waals surface area (Å²) in [7, 11) is 1.82. The van der Waals surface area contributed by atoms with Crippen LogP contribution in [-0.2, 0) is 4.74 Å². The lowest BCUT2D eigenvalue weighted by molar-refractivity contribution is 0.114. The average molecular weight is 287 g/mol. The van der Waals surface area contributed by atoms with E-state index in [4.69, 9.17) is 4.74 Å². The summed E-state index contributed by atoms with van der Waals surface area (Å²) in [4.78, 5) is 4.27. The second kappa shape index (κ2) is 9.48. The van der Waals surface area contributed by atoms with Crippen molar-refractivity contribution < 1.29 is 4.74 Å². The molecule has 1 saturated carbocycles. The first-order valence-electron chi connectivity index (χ1n) is 7.23. The van der Waals surface area contributed by atoms with Gasteiger partial charge in [-0.15, -0.1) is 0 Å². The van der Waals surface area contributed by atoms with E-state index in [-0.39, 0.29) is 0 Å². The molecule has 1 fully saturated rings. The van der Waals surface area contributed by atoms with Crippen LogP contribution in [0.4, 0.5) is 0 Å². The molecule has 0 heterocycles. The molecule has 1 rings (SSSR count). The molecule has 2 unspecified atom stereocenters. The van der Waals surface area contributed by atoms with Gasteiger partial charge in [-0.05, 0) is 31.4 Å². The molecule has 0 aliphatic heterocycles. The minimum absolute atomic E-state index is 0.570. The van der Waals surface area contributed by atoms with Crippen molar-refractivity contribution in [1.82, 2.24) is 10.6 Å². The first-order chi connectivity index (χ1) is 9.15. The van der Waals surface area contributed by atoms with Gasteiger partial charge in [-0.25, -0.2) is 0 Å². The van der Waals surface area contributed by atoms with Gasteiger partial charge in [-0.1, -0.05) is 13.8 Å². The van der Waals surface area contributed by atoms with Gasteiger partial charge in [0.15, 0.2) is 5.96 Å². The van der Waals surface area contributed by atoms with Crippen LogP contribution < -0.4 is 10.6 Å². The van der Waals surface area contributed by atoms with Crippen molar-refractivity contribution in [3.63, 3.8) is 0 Å². The maximum Gasteiger partial charge on any atom is 0.191 e. The lowest BCUT2D eigenvalue weighted by atomic mass is 10.2. The van der Waals surface area contributed by atoms with Crippen LogP contribution in [0, 0.1) is 5.92 Å². The van der Waals surface area contributed by atoms with Gasteiger partial charge in [-0.3, -0.25) is 4.99 Å². The van der Waals surface area contributed by atoms with Crippen molar-refractivity contribution in [2.45, 2.75) is 44.4 Å². The molecule has 1 aliphatic rings. The zero-order valence-corrected chi connectivity index (χ0v) is 13.6. The van der Waals surface area contributed by atoms with Crippen molar-refractivity contribution in [1.29, 1.82) is 0 Å². The monoisotopic (exact) mass is 287 g/mol. The Hall–Kier alpha value is -0.420. The van der Waals surface area contributed by atoms with Gasteiger partial charge in [0.1, 0.15) is 0 Å². The molecule has 0 saturated heterocycles. The maximum absolute atomic E-state index is 5.55. The van der Waals surface area contributed by atoms with Gasteiger partial charge in [0.25, 0.3) is 0 Å². The SMILES string of the molecule is CN=C(NCCOCC(C)C)NC1CCC(SC)C1. The smallest absolute Gasteiger partial charge is 0.191 e. The zero-order valence-electron chi connectivity index (χ0n) is 12.7. The number of hydrogen-bond donors (Lipinski definition) is 2. The van der Waals surface area contributed by atoms with Gasteiger partial charge in [0, 0.05) is 31.5 Å². The van der Waals surface area contributed by atoms with Crippen LogP contribution in [0.2, 0.25) is 0 Å². The third-order valence-electron chi connectivity index (χ3n) is 3.27. The fraction of sp³-hybridized carbons (Fsp3) is 0.929. The molecule has 2 atom stereocenters. The number of aliphatic imine (C=N–C) groups is 1. The van der Waals surface area contributed by atoms with Crippen molar-refractivity contribution in [2.75, 3.05) is 33.1 Å². The molecule has 2 N–H and O–H groups in total. The van der Waals surface area contributed by atoms with Gasteiger partial charge in [0.05, 0.1) is 6.61 Å². The van der Waals surface area contributed by atoms with Gasteiger partial charge >= 0.3 is 0 Å². The highest BCUT2D eigenvalue weighted by Crippen LogP contribution is 2.27. The van der Waals surface area contributed by atoms with Crippen LogP contribution in [0.5, 0.6) is 0 Å². The van der Waals surface area contributed by atoms with E-state index < -0.39 is 0 Å². The number of thioether (sulfide) groups is 1. The molecule has 19 heavy (non-hydrogen) atoms. The molecule has 1 aliphatic carbocycles. The summed E-state index contributed by atoms with van der Waals surface area (Å²) >= 11 is 1.98. The fourth-order valence-corrected chi connectivity index (χ4v) is 3.03. The largest absolute Gasteiger partial charge is 0.379 e. The Morgan fingerprint density at radius 2 is 2.21 bits per heavy atom. The highest BCUT2D eigenvalue weighted by Gasteiger charge is 2.24. The van der Waals surface area contributed by atoms with Crippen molar-refractivity contribution in [2.24, 2.45) is 10.9 Å². The van der Waals surface area contributed by atoms with Gasteiger partial charge < -0.3 is 15.4 Å². The highest BCUT2D eigenvalue weighted by molar-refractivity contribution is 7.99. The first kappa shape index (κ1) is 16.6. The van der Waals surface area contributed by atoms with E-state index in [1.165, 1.54) is 19.3 Å². The molecule has 112 valence electrons. The normalized spacial score (nSPS) is 23.9. The minimum Gasteiger partial charge on any atom is -0.379 e.